The molecule has 1 heterocycles. The number of carbonyl (C=O) groups is 2. The van der Waals surface area contributed by atoms with Crippen molar-refractivity contribution in [1.82, 2.24) is 5.32 Å². The first-order valence-corrected chi connectivity index (χ1v) is 7.47. The van der Waals surface area contributed by atoms with Crippen LogP contribution >= 0.6 is 0 Å². The number of benzene rings is 1. The van der Waals surface area contributed by atoms with Crippen LogP contribution in [0.15, 0.2) is 24.3 Å². The van der Waals surface area contributed by atoms with Gasteiger partial charge in [0.25, 0.3) is 0 Å². The molecule has 0 bridgehead atoms. The van der Waals surface area contributed by atoms with E-state index in [1.807, 2.05) is 0 Å². The van der Waals surface area contributed by atoms with Gasteiger partial charge in [-0.05, 0) is 56.1 Å². The van der Waals surface area contributed by atoms with Gasteiger partial charge < -0.3 is 20.1 Å². The van der Waals surface area contributed by atoms with E-state index in [0.717, 1.165) is 31.6 Å². The van der Waals surface area contributed by atoms with Gasteiger partial charge in [-0.1, -0.05) is 0 Å². The maximum Gasteiger partial charge on any atom is 0.343 e. The molecule has 6 nitrogen and oxygen atoms in total. The fraction of sp³-hybridized carbons (Fsp3) is 0.500. The molecule has 0 unspecified atom stereocenters. The lowest BCUT2D eigenvalue weighted by atomic mass is 9.94. The minimum Gasteiger partial charge on any atom is -0.482 e. The fourth-order valence-electron chi connectivity index (χ4n) is 2.40. The zero-order chi connectivity index (χ0) is 15.8. The Balaban J connectivity index is 1.77. The first-order chi connectivity index (χ1) is 10.7. The van der Waals surface area contributed by atoms with Crippen molar-refractivity contribution >= 4 is 17.6 Å². The van der Waals surface area contributed by atoms with Crippen LogP contribution in [-0.2, 0) is 14.3 Å². The number of piperidine rings is 1. The molecule has 1 aromatic carbocycles. The summed E-state index contributed by atoms with van der Waals surface area (Å²) in [5.41, 5.74) is 0.726. The SMILES string of the molecule is COC(=O)COc1ccc(NC(=O)CC2CCNCC2)cc1. The summed E-state index contributed by atoms with van der Waals surface area (Å²) >= 11 is 0. The van der Waals surface area contributed by atoms with Crippen LogP contribution in [0.1, 0.15) is 19.3 Å². The van der Waals surface area contributed by atoms with Crippen molar-refractivity contribution in [2.75, 3.05) is 32.1 Å². The van der Waals surface area contributed by atoms with E-state index in [4.69, 9.17) is 4.74 Å². The second kappa shape index (κ2) is 8.38. The van der Waals surface area contributed by atoms with Gasteiger partial charge in [0.15, 0.2) is 6.61 Å². The Kier molecular flexibility index (Phi) is 6.21. The summed E-state index contributed by atoms with van der Waals surface area (Å²) in [6, 6.07) is 6.94. The molecule has 2 N–H and O–H groups in total. The monoisotopic (exact) mass is 306 g/mol. The second-order valence-electron chi connectivity index (χ2n) is 5.33. The highest BCUT2D eigenvalue weighted by atomic mass is 16.6. The van der Waals surface area contributed by atoms with Crippen molar-refractivity contribution in [2.45, 2.75) is 19.3 Å². The average molecular weight is 306 g/mol. The third-order valence-corrected chi connectivity index (χ3v) is 3.66. The van der Waals surface area contributed by atoms with Gasteiger partial charge in [-0.25, -0.2) is 4.79 Å². The van der Waals surface area contributed by atoms with Crippen LogP contribution in [0.4, 0.5) is 5.69 Å². The van der Waals surface area contributed by atoms with Crippen LogP contribution in [0.5, 0.6) is 5.75 Å². The Morgan fingerprint density at radius 2 is 1.91 bits per heavy atom. The van der Waals surface area contributed by atoms with E-state index in [2.05, 4.69) is 15.4 Å². The average Bonchev–Trinajstić information content (AvgIpc) is 2.54. The summed E-state index contributed by atoms with van der Waals surface area (Å²) in [5.74, 6) is 0.625. The Morgan fingerprint density at radius 1 is 1.23 bits per heavy atom. The van der Waals surface area contributed by atoms with E-state index in [0.29, 0.717) is 18.1 Å². The Bertz CT molecular complexity index is 495. The zero-order valence-corrected chi connectivity index (χ0v) is 12.8. The van der Waals surface area contributed by atoms with Crippen LogP contribution in [0.2, 0.25) is 0 Å². The molecule has 0 saturated carbocycles. The number of ether oxygens (including phenoxy) is 2. The molecule has 1 saturated heterocycles. The van der Waals surface area contributed by atoms with Crippen molar-refractivity contribution in [3.63, 3.8) is 0 Å². The van der Waals surface area contributed by atoms with Crippen LogP contribution in [0.3, 0.4) is 0 Å². The van der Waals surface area contributed by atoms with Crippen LogP contribution < -0.4 is 15.4 Å². The molecule has 1 aromatic rings. The summed E-state index contributed by atoms with van der Waals surface area (Å²) in [6.45, 7) is 1.85. The molecule has 1 fully saturated rings. The number of anilines is 1. The van der Waals surface area contributed by atoms with Gasteiger partial charge in [0, 0.05) is 12.1 Å². The first-order valence-electron chi connectivity index (χ1n) is 7.47. The number of amides is 1. The van der Waals surface area contributed by atoms with E-state index in [1.165, 1.54) is 7.11 Å². The largest absolute Gasteiger partial charge is 0.482 e. The smallest absolute Gasteiger partial charge is 0.343 e. The van der Waals surface area contributed by atoms with Gasteiger partial charge >= 0.3 is 5.97 Å². The minimum atomic E-state index is -0.431. The molecule has 0 spiro atoms. The van der Waals surface area contributed by atoms with Crippen molar-refractivity contribution in [3.05, 3.63) is 24.3 Å². The Labute approximate surface area is 130 Å². The number of nitrogens with one attached hydrogen (secondary N) is 2. The third kappa shape index (κ3) is 5.37. The summed E-state index contributed by atoms with van der Waals surface area (Å²) in [4.78, 5) is 23.0. The lowest BCUT2D eigenvalue weighted by Gasteiger charge is -2.21. The van der Waals surface area contributed by atoms with Gasteiger partial charge in [-0.3, -0.25) is 4.79 Å². The lowest BCUT2D eigenvalue weighted by molar-refractivity contribution is -0.142. The van der Waals surface area contributed by atoms with Crippen molar-refractivity contribution < 1.29 is 19.1 Å². The highest BCUT2D eigenvalue weighted by Crippen LogP contribution is 2.19. The van der Waals surface area contributed by atoms with E-state index < -0.39 is 5.97 Å². The van der Waals surface area contributed by atoms with Gasteiger partial charge in [-0.2, -0.15) is 0 Å². The predicted octanol–water partition coefficient (Wildman–Crippen LogP) is 1.57. The van der Waals surface area contributed by atoms with Crippen LogP contribution in [0.25, 0.3) is 0 Å². The maximum atomic E-state index is 12.0. The number of carbonyl (C=O) groups excluding carboxylic acids is 2. The molecule has 0 aliphatic carbocycles. The Morgan fingerprint density at radius 3 is 2.55 bits per heavy atom. The summed E-state index contributed by atoms with van der Waals surface area (Å²) in [5, 5.41) is 6.18. The number of hydrogen-bond acceptors (Lipinski definition) is 5. The zero-order valence-electron chi connectivity index (χ0n) is 12.8. The predicted molar refractivity (Wildman–Crippen MR) is 82.8 cm³/mol. The summed E-state index contributed by atoms with van der Waals surface area (Å²) in [7, 11) is 1.31. The topological polar surface area (TPSA) is 76.7 Å². The number of hydrogen-bond donors (Lipinski definition) is 2. The van der Waals surface area contributed by atoms with Crippen LogP contribution in [-0.4, -0.2) is 38.7 Å². The van der Waals surface area contributed by atoms with E-state index in [1.54, 1.807) is 24.3 Å². The highest BCUT2D eigenvalue weighted by molar-refractivity contribution is 5.90. The van der Waals surface area contributed by atoms with Gasteiger partial charge in [0.05, 0.1) is 7.11 Å². The number of rotatable bonds is 6. The minimum absolute atomic E-state index is 0.0372. The molecule has 22 heavy (non-hydrogen) atoms. The lowest BCUT2D eigenvalue weighted by Crippen LogP contribution is -2.30. The van der Waals surface area contributed by atoms with E-state index in [9.17, 15) is 9.59 Å². The molecule has 1 aliphatic rings. The molecule has 0 radical (unpaired) electrons. The highest BCUT2D eigenvalue weighted by Gasteiger charge is 2.16. The molecule has 0 aromatic heterocycles. The molecule has 1 amide bonds. The quantitative estimate of drug-likeness (QED) is 0.780. The van der Waals surface area contributed by atoms with Crippen molar-refractivity contribution in [2.24, 2.45) is 5.92 Å². The van der Waals surface area contributed by atoms with Gasteiger partial charge in [0.1, 0.15) is 5.75 Å². The summed E-state index contributed by atoms with van der Waals surface area (Å²) in [6.07, 6.45) is 2.66. The van der Waals surface area contributed by atoms with Crippen molar-refractivity contribution in [1.29, 1.82) is 0 Å². The molecule has 0 atom stereocenters. The third-order valence-electron chi connectivity index (χ3n) is 3.66. The number of esters is 1. The normalized spacial score (nSPS) is 15.1. The molecular formula is C16H22N2O4. The molecule has 120 valence electrons. The molecule has 1 aliphatic heterocycles. The van der Waals surface area contributed by atoms with Crippen LogP contribution in [0, 0.1) is 5.92 Å². The molecule has 2 rings (SSSR count). The second-order valence-corrected chi connectivity index (χ2v) is 5.33. The first kappa shape index (κ1) is 16.3. The van der Waals surface area contributed by atoms with Gasteiger partial charge in [0.2, 0.25) is 5.91 Å². The molecular weight excluding hydrogens is 284 g/mol. The van der Waals surface area contributed by atoms with E-state index in [-0.39, 0.29) is 12.5 Å². The summed E-state index contributed by atoms with van der Waals surface area (Å²) < 4.78 is 9.74. The Hall–Kier alpha value is -2.08. The molecule has 6 heteroatoms. The number of methoxy groups -OCH3 is 1. The van der Waals surface area contributed by atoms with E-state index >= 15 is 0 Å². The fourth-order valence-corrected chi connectivity index (χ4v) is 2.40. The standard InChI is InChI=1S/C16H22N2O4/c1-21-16(20)11-22-14-4-2-13(3-5-14)18-15(19)10-12-6-8-17-9-7-12/h2-5,12,17H,6-11H2,1H3,(H,18,19). The maximum absolute atomic E-state index is 12.0. The van der Waals surface area contributed by atoms with Crippen molar-refractivity contribution in [3.8, 4) is 5.75 Å². The van der Waals surface area contributed by atoms with Gasteiger partial charge in [-0.15, -0.1) is 0 Å².